The molecule has 0 bridgehead atoms. The van der Waals surface area contributed by atoms with Crippen LogP contribution in [0.15, 0.2) is 162 Å². The maximum absolute atomic E-state index is 9.67. The van der Waals surface area contributed by atoms with Crippen LogP contribution < -0.4 is 0 Å². The molecule has 0 fully saturated rings. The first kappa shape index (κ1) is 19.5. The zero-order chi connectivity index (χ0) is 32.7. The minimum Gasteiger partial charge on any atom is -0.463 e. The van der Waals surface area contributed by atoms with Gasteiger partial charge in [-0.3, -0.25) is 0 Å². The fraction of sp³-hybridized carbons (Fsp3) is 0. The van der Waals surface area contributed by atoms with Crippen LogP contribution in [0, 0.1) is 0 Å². The third-order valence-electron chi connectivity index (χ3n) is 8.50. The summed E-state index contributed by atoms with van der Waals surface area (Å²) in [7, 11) is 0. The third kappa shape index (κ3) is 3.72. The Morgan fingerprint density at radius 2 is 1.14 bits per heavy atom. The van der Waals surface area contributed by atoms with Gasteiger partial charge in [0.15, 0.2) is 0 Å². The molecule has 0 saturated heterocycles. The van der Waals surface area contributed by atoms with E-state index >= 15 is 0 Å². The number of benzene rings is 8. The second-order valence-corrected chi connectivity index (χ2v) is 10.9. The average molecular weight is 552 g/mol. The van der Waals surface area contributed by atoms with E-state index in [4.69, 9.17) is 9.90 Å². The lowest BCUT2D eigenvalue weighted by Gasteiger charge is -2.19. The minimum atomic E-state index is -0.349. The number of rotatable bonds is 3. The highest BCUT2D eigenvalue weighted by Gasteiger charge is 2.22. The van der Waals surface area contributed by atoms with Crippen molar-refractivity contribution in [2.45, 2.75) is 0 Å². The van der Waals surface area contributed by atoms with Gasteiger partial charge in [-0.2, -0.15) is 0 Å². The Kier molecular flexibility index (Phi) is 4.27. The SMILES string of the molecule is [2H]c1c([2H])c([2H])c2c([2H])c3c(-c4coc5c4ccc4c6ccccc6ccc45)c(-c4ccccc4)c(-c4ccccc4)cc3cc2c1[2H]. The first-order chi connectivity index (χ1) is 23.4. The predicted molar refractivity (Wildman–Crippen MR) is 183 cm³/mol. The maximum atomic E-state index is 9.67. The first-order valence-corrected chi connectivity index (χ1v) is 14.4. The van der Waals surface area contributed by atoms with Crippen molar-refractivity contribution >= 4 is 54.1 Å². The van der Waals surface area contributed by atoms with Crippen molar-refractivity contribution < 1.29 is 11.3 Å². The molecule has 9 rings (SSSR count). The highest BCUT2D eigenvalue weighted by molar-refractivity contribution is 6.21. The number of fused-ring (bicyclic) bond motifs is 7. The first-order valence-electron chi connectivity index (χ1n) is 16.9. The summed E-state index contributed by atoms with van der Waals surface area (Å²) >= 11 is 0. The van der Waals surface area contributed by atoms with Crippen LogP contribution in [0.25, 0.3) is 87.4 Å². The highest BCUT2D eigenvalue weighted by Crippen LogP contribution is 2.48. The Bertz CT molecular complexity index is 2770. The fourth-order valence-corrected chi connectivity index (χ4v) is 6.56. The van der Waals surface area contributed by atoms with Crippen molar-refractivity contribution in [1.29, 1.82) is 0 Å². The molecule has 0 aliphatic heterocycles. The molecule has 0 saturated carbocycles. The molecule has 8 aromatic carbocycles. The van der Waals surface area contributed by atoms with Crippen molar-refractivity contribution in [2.75, 3.05) is 0 Å². The van der Waals surface area contributed by atoms with Crippen LogP contribution >= 0.6 is 0 Å². The molecule has 1 heteroatoms. The van der Waals surface area contributed by atoms with E-state index in [0.717, 1.165) is 65.9 Å². The van der Waals surface area contributed by atoms with Gasteiger partial charge < -0.3 is 4.42 Å². The van der Waals surface area contributed by atoms with Gasteiger partial charge in [-0.1, -0.05) is 121 Å². The van der Waals surface area contributed by atoms with E-state index in [-0.39, 0.29) is 35.6 Å². The summed E-state index contributed by atoms with van der Waals surface area (Å²) in [5.41, 5.74) is 6.18. The van der Waals surface area contributed by atoms with Crippen molar-refractivity contribution in [3.05, 3.63) is 158 Å². The molecule has 0 aliphatic rings. The van der Waals surface area contributed by atoms with Crippen LogP contribution in [0.3, 0.4) is 0 Å². The Morgan fingerprint density at radius 3 is 1.98 bits per heavy atom. The molecule has 43 heavy (non-hydrogen) atoms. The lowest BCUT2D eigenvalue weighted by molar-refractivity contribution is 0.620. The number of furan rings is 1. The molecule has 9 aromatic rings. The second kappa shape index (κ2) is 9.44. The zero-order valence-corrected chi connectivity index (χ0v) is 23.0. The molecule has 0 radical (unpaired) electrons. The summed E-state index contributed by atoms with van der Waals surface area (Å²) < 4.78 is 50.5. The molecule has 0 unspecified atom stereocenters. The lowest BCUT2D eigenvalue weighted by atomic mass is 9.83. The Hall–Kier alpha value is -5.66. The van der Waals surface area contributed by atoms with Gasteiger partial charge in [0.25, 0.3) is 0 Å². The molecule has 1 nitrogen and oxygen atoms in total. The smallest absolute Gasteiger partial charge is 0.142 e. The molecule has 0 atom stereocenters. The van der Waals surface area contributed by atoms with E-state index in [1.807, 2.05) is 54.6 Å². The van der Waals surface area contributed by atoms with Crippen LogP contribution in [0.1, 0.15) is 6.85 Å². The summed E-state index contributed by atoms with van der Waals surface area (Å²) in [5.74, 6) is 0. The quantitative estimate of drug-likeness (QED) is 0.157. The molecule has 1 heterocycles. The van der Waals surface area contributed by atoms with E-state index in [9.17, 15) is 1.37 Å². The highest BCUT2D eigenvalue weighted by atomic mass is 16.3. The Balaban J connectivity index is 1.50. The Morgan fingerprint density at radius 1 is 0.442 bits per heavy atom. The molecule has 0 aliphatic carbocycles. The maximum Gasteiger partial charge on any atom is 0.142 e. The topological polar surface area (TPSA) is 13.1 Å². The molecule has 0 spiro atoms. The van der Waals surface area contributed by atoms with Crippen molar-refractivity contribution in [3.63, 3.8) is 0 Å². The molecular formula is C42H26O. The summed E-state index contributed by atoms with van der Waals surface area (Å²) in [4.78, 5) is 0. The predicted octanol–water partition coefficient (Wildman–Crippen LogP) is 12.0. The van der Waals surface area contributed by atoms with Crippen molar-refractivity contribution in [3.8, 4) is 33.4 Å². The molecular weight excluding hydrogens is 520 g/mol. The summed E-state index contributed by atoms with van der Waals surface area (Å²) in [6, 6.07) is 39.9. The van der Waals surface area contributed by atoms with Crippen molar-refractivity contribution in [1.82, 2.24) is 0 Å². The van der Waals surface area contributed by atoms with E-state index in [1.165, 1.54) is 0 Å². The summed E-state index contributed by atoms with van der Waals surface area (Å²) in [5, 5.41) is 7.13. The van der Waals surface area contributed by atoms with Crippen LogP contribution in [0.5, 0.6) is 0 Å². The fourth-order valence-electron chi connectivity index (χ4n) is 6.56. The van der Waals surface area contributed by atoms with Gasteiger partial charge in [0, 0.05) is 21.9 Å². The van der Waals surface area contributed by atoms with Gasteiger partial charge >= 0.3 is 0 Å². The van der Waals surface area contributed by atoms with Crippen LogP contribution in [0.2, 0.25) is 0 Å². The summed E-state index contributed by atoms with van der Waals surface area (Å²) in [6.45, 7) is 0. The standard InChI is InChI=1S/C42H26O/c1-3-11-27(12-4-1)37-25-32-23-30-16-7-8-17-31(30)24-38(32)41(40(37)29-14-5-2-6-15-29)39-26-43-42-35-20-19-28-13-9-10-18-33(28)34(35)21-22-36(39)42/h1-26H/i7D,8D,16D,17D,24D. The molecule has 0 amide bonds. The van der Waals surface area contributed by atoms with Gasteiger partial charge in [-0.25, -0.2) is 0 Å². The van der Waals surface area contributed by atoms with Gasteiger partial charge in [0.05, 0.1) is 13.1 Å². The van der Waals surface area contributed by atoms with E-state index in [0.29, 0.717) is 16.2 Å². The van der Waals surface area contributed by atoms with Crippen LogP contribution in [0.4, 0.5) is 0 Å². The molecule has 0 N–H and O–H groups in total. The molecule has 1 aromatic heterocycles. The second-order valence-electron chi connectivity index (χ2n) is 10.9. The normalized spacial score (nSPS) is 13.3. The average Bonchev–Trinajstić information content (AvgIpc) is 3.57. The van der Waals surface area contributed by atoms with E-state index in [1.54, 1.807) is 6.26 Å². The van der Waals surface area contributed by atoms with Gasteiger partial charge in [0.2, 0.25) is 0 Å². The van der Waals surface area contributed by atoms with E-state index < -0.39 is 0 Å². The van der Waals surface area contributed by atoms with E-state index in [2.05, 4.69) is 66.7 Å². The monoisotopic (exact) mass is 551 g/mol. The van der Waals surface area contributed by atoms with Gasteiger partial charge in [0.1, 0.15) is 5.58 Å². The zero-order valence-electron chi connectivity index (χ0n) is 28.0. The third-order valence-corrected chi connectivity index (χ3v) is 8.50. The number of hydrogen-bond donors (Lipinski definition) is 0. The van der Waals surface area contributed by atoms with Gasteiger partial charge in [-0.05, 0) is 90.3 Å². The van der Waals surface area contributed by atoms with Crippen LogP contribution in [-0.4, -0.2) is 0 Å². The molecule has 200 valence electrons. The summed E-state index contributed by atoms with van der Waals surface area (Å²) in [6.07, 6.45) is 1.78. The minimum absolute atomic E-state index is 0.0578. The largest absolute Gasteiger partial charge is 0.463 e. The number of hydrogen-bond acceptors (Lipinski definition) is 1. The van der Waals surface area contributed by atoms with Crippen molar-refractivity contribution in [2.24, 2.45) is 0 Å². The Labute approximate surface area is 256 Å². The lowest BCUT2D eigenvalue weighted by Crippen LogP contribution is -1.93. The van der Waals surface area contributed by atoms with Crippen LogP contribution in [-0.2, 0) is 0 Å². The van der Waals surface area contributed by atoms with Gasteiger partial charge in [-0.15, -0.1) is 0 Å².